The Kier molecular flexibility index (Phi) is 9.56. The minimum atomic E-state index is -0.258. The number of nitrogens with one attached hydrogen (secondary N) is 1. The lowest BCUT2D eigenvalue weighted by molar-refractivity contribution is 0.623. The summed E-state index contributed by atoms with van der Waals surface area (Å²) in [6.45, 7) is 3.90. The van der Waals surface area contributed by atoms with Crippen LogP contribution in [0.1, 0.15) is 43.6 Å². The Morgan fingerprint density at radius 3 is 1.97 bits per heavy atom. The molecule has 1 aromatic heterocycles. The molecule has 3 aromatic carbocycles. The average Bonchev–Trinajstić information content (AvgIpc) is 3.34. The molecule has 34 heavy (non-hydrogen) atoms. The van der Waals surface area contributed by atoms with Gasteiger partial charge in [0, 0.05) is 18.8 Å². The number of hydrogen-bond donors (Lipinski definition) is 1. The number of imidazole rings is 1. The molecule has 0 amide bonds. The van der Waals surface area contributed by atoms with Gasteiger partial charge in [-0.15, -0.1) is 0 Å². The van der Waals surface area contributed by atoms with Crippen LogP contribution in [0.5, 0.6) is 0 Å². The topological polar surface area (TPSA) is 28.7 Å². The summed E-state index contributed by atoms with van der Waals surface area (Å²) >= 11 is 0. The molecule has 0 atom stereocenters. The van der Waals surface area contributed by atoms with Gasteiger partial charge >= 0.3 is 0 Å². The van der Waals surface area contributed by atoms with Gasteiger partial charge in [0.05, 0.1) is 0 Å². The SMILES string of the molecule is CCCCB(c1ccccc1F)c1ccccc1F.CCc1cc(F)cc(Cc2ncc[nH]2)c1. The summed E-state index contributed by atoms with van der Waals surface area (Å²) in [7, 11) is 0. The van der Waals surface area contributed by atoms with Crippen molar-refractivity contribution in [3.63, 3.8) is 0 Å². The molecule has 0 bridgehead atoms. The highest BCUT2D eigenvalue weighted by molar-refractivity contribution is 6.85. The molecule has 2 nitrogen and oxygen atoms in total. The quantitative estimate of drug-likeness (QED) is 0.316. The van der Waals surface area contributed by atoms with Crippen molar-refractivity contribution in [3.8, 4) is 0 Å². The maximum absolute atomic E-state index is 14.0. The van der Waals surface area contributed by atoms with Gasteiger partial charge in [0.2, 0.25) is 6.71 Å². The minimum absolute atomic E-state index is 0.170. The van der Waals surface area contributed by atoms with Gasteiger partial charge in [0.15, 0.2) is 0 Å². The van der Waals surface area contributed by atoms with E-state index in [0.717, 1.165) is 42.5 Å². The van der Waals surface area contributed by atoms with Gasteiger partial charge in [-0.05, 0) is 52.7 Å². The zero-order valence-corrected chi connectivity index (χ0v) is 19.7. The lowest BCUT2D eigenvalue weighted by Gasteiger charge is -2.15. The fraction of sp³-hybridized carbons (Fsp3) is 0.250. The lowest BCUT2D eigenvalue weighted by Crippen LogP contribution is -2.45. The summed E-state index contributed by atoms with van der Waals surface area (Å²) in [6.07, 6.45) is 7.70. The number of H-pyrrole nitrogens is 1. The van der Waals surface area contributed by atoms with Crippen LogP contribution in [-0.4, -0.2) is 16.7 Å². The fourth-order valence-corrected chi connectivity index (χ4v) is 4.01. The van der Waals surface area contributed by atoms with Crippen molar-refractivity contribution in [2.24, 2.45) is 0 Å². The average molecular weight is 462 g/mol. The lowest BCUT2D eigenvalue weighted by atomic mass is 9.38. The van der Waals surface area contributed by atoms with Gasteiger partial charge in [0.25, 0.3) is 0 Å². The standard InChI is InChI=1S/C16H17BF2.C12H13FN2/c1-2-3-12-17(13-8-4-6-10-15(13)18)14-9-5-7-11-16(14)19;1-2-9-5-10(7-11(13)6-9)8-12-14-3-4-15-12/h4-11H,2-3,12H2,1H3;3-7H,2,8H2,1H3,(H,14,15). The van der Waals surface area contributed by atoms with Crippen LogP contribution >= 0.6 is 0 Å². The molecular weight excluding hydrogens is 432 g/mol. The molecule has 6 heteroatoms. The molecule has 0 saturated carbocycles. The molecule has 1 N–H and O–H groups in total. The van der Waals surface area contributed by atoms with Gasteiger partial charge in [0.1, 0.15) is 23.3 Å². The van der Waals surface area contributed by atoms with E-state index in [2.05, 4.69) is 16.9 Å². The highest BCUT2D eigenvalue weighted by Gasteiger charge is 2.24. The highest BCUT2D eigenvalue weighted by Crippen LogP contribution is 2.12. The van der Waals surface area contributed by atoms with E-state index in [9.17, 15) is 13.2 Å². The summed E-state index contributed by atoms with van der Waals surface area (Å²) in [5, 5.41) is 0. The number of hydrogen-bond acceptors (Lipinski definition) is 1. The normalized spacial score (nSPS) is 10.5. The predicted octanol–water partition coefficient (Wildman–Crippen LogP) is 6.08. The molecule has 0 saturated heterocycles. The summed E-state index contributed by atoms with van der Waals surface area (Å²) in [6, 6.07) is 18.5. The van der Waals surface area contributed by atoms with Crippen LogP contribution in [0.2, 0.25) is 6.32 Å². The third-order valence-corrected chi connectivity index (χ3v) is 5.76. The molecule has 1 heterocycles. The molecule has 4 aromatic rings. The minimum Gasteiger partial charge on any atom is -0.348 e. The Labute approximate surface area is 200 Å². The molecule has 176 valence electrons. The van der Waals surface area contributed by atoms with Crippen LogP contribution in [-0.2, 0) is 12.8 Å². The van der Waals surface area contributed by atoms with Gasteiger partial charge in [-0.3, -0.25) is 0 Å². The molecule has 0 aliphatic heterocycles. The van der Waals surface area contributed by atoms with Crippen LogP contribution in [0.4, 0.5) is 13.2 Å². The number of aryl methyl sites for hydroxylation is 1. The van der Waals surface area contributed by atoms with E-state index in [4.69, 9.17) is 0 Å². The number of unbranched alkanes of at least 4 members (excludes halogenated alkanes) is 1. The second-order valence-corrected chi connectivity index (χ2v) is 8.27. The van der Waals surface area contributed by atoms with Gasteiger partial charge < -0.3 is 4.98 Å². The Bertz CT molecular complexity index is 1120. The summed E-state index contributed by atoms with van der Waals surface area (Å²) in [4.78, 5) is 7.13. The van der Waals surface area contributed by atoms with Crippen molar-refractivity contribution in [2.45, 2.75) is 45.9 Å². The van der Waals surface area contributed by atoms with Crippen molar-refractivity contribution in [3.05, 3.63) is 114 Å². The number of aromatic amines is 1. The Hall–Kier alpha value is -3.28. The molecular formula is C28H30BF3N2. The smallest absolute Gasteiger partial charge is 0.216 e. The molecule has 0 aliphatic carbocycles. The van der Waals surface area contributed by atoms with Crippen LogP contribution < -0.4 is 10.9 Å². The Morgan fingerprint density at radius 2 is 1.44 bits per heavy atom. The largest absolute Gasteiger partial charge is 0.348 e. The van der Waals surface area contributed by atoms with E-state index in [-0.39, 0.29) is 24.2 Å². The summed E-state index contributed by atoms with van der Waals surface area (Å²) in [5.74, 6) is 0.178. The van der Waals surface area contributed by atoms with Crippen molar-refractivity contribution >= 4 is 17.6 Å². The van der Waals surface area contributed by atoms with Crippen LogP contribution in [0.25, 0.3) is 0 Å². The first-order valence-electron chi connectivity index (χ1n) is 11.8. The Morgan fingerprint density at radius 1 is 0.824 bits per heavy atom. The second-order valence-electron chi connectivity index (χ2n) is 8.27. The number of aromatic nitrogens is 2. The number of benzene rings is 3. The second kappa shape index (κ2) is 12.8. The first-order valence-corrected chi connectivity index (χ1v) is 11.8. The van der Waals surface area contributed by atoms with E-state index >= 15 is 0 Å². The molecule has 4 rings (SSSR count). The van der Waals surface area contributed by atoms with Crippen molar-refractivity contribution in [1.29, 1.82) is 0 Å². The van der Waals surface area contributed by atoms with E-state index in [0.29, 0.717) is 17.3 Å². The van der Waals surface area contributed by atoms with E-state index in [1.54, 1.807) is 60.9 Å². The molecule has 0 aliphatic rings. The molecule has 0 radical (unpaired) electrons. The van der Waals surface area contributed by atoms with Crippen molar-refractivity contribution in [1.82, 2.24) is 9.97 Å². The van der Waals surface area contributed by atoms with Gasteiger partial charge in [-0.25, -0.2) is 18.2 Å². The van der Waals surface area contributed by atoms with Crippen molar-refractivity contribution in [2.75, 3.05) is 0 Å². The van der Waals surface area contributed by atoms with Crippen LogP contribution in [0, 0.1) is 17.5 Å². The third kappa shape index (κ3) is 7.11. The zero-order chi connectivity index (χ0) is 24.3. The highest BCUT2D eigenvalue weighted by atomic mass is 19.1. The van der Waals surface area contributed by atoms with E-state index in [1.807, 2.05) is 13.0 Å². The maximum Gasteiger partial charge on any atom is 0.216 e. The monoisotopic (exact) mass is 462 g/mol. The molecule has 0 spiro atoms. The number of halogens is 3. The van der Waals surface area contributed by atoms with Crippen LogP contribution in [0.15, 0.2) is 79.1 Å². The van der Waals surface area contributed by atoms with E-state index < -0.39 is 0 Å². The van der Waals surface area contributed by atoms with Crippen LogP contribution in [0.3, 0.4) is 0 Å². The summed E-state index contributed by atoms with van der Waals surface area (Å²) < 4.78 is 41.1. The first-order chi connectivity index (χ1) is 16.5. The van der Waals surface area contributed by atoms with Gasteiger partial charge in [-0.2, -0.15) is 0 Å². The predicted molar refractivity (Wildman–Crippen MR) is 135 cm³/mol. The number of rotatable bonds is 8. The maximum atomic E-state index is 14.0. The summed E-state index contributed by atoms with van der Waals surface area (Å²) in [5.41, 5.74) is 3.15. The first kappa shape index (κ1) is 25.3. The van der Waals surface area contributed by atoms with Crippen molar-refractivity contribution < 1.29 is 13.2 Å². The zero-order valence-electron chi connectivity index (χ0n) is 19.7. The Balaban J connectivity index is 0.000000196. The van der Waals surface area contributed by atoms with E-state index in [1.165, 1.54) is 12.1 Å². The molecule has 0 unspecified atom stereocenters. The molecule has 0 fully saturated rings. The van der Waals surface area contributed by atoms with Gasteiger partial charge in [-0.1, -0.05) is 75.5 Å². The third-order valence-electron chi connectivity index (χ3n) is 5.76. The number of nitrogens with zero attached hydrogens (tertiary/aromatic N) is 1. The fourth-order valence-electron chi connectivity index (χ4n) is 4.01.